The fourth-order valence-electron chi connectivity index (χ4n) is 0.539. The predicted molar refractivity (Wildman–Crippen MR) is 51.6 cm³/mol. The molecule has 64 valence electrons. The summed E-state index contributed by atoms with van der Waals surface area (Å²) in [6, 6.07) is 0. The molecule has 0 fully saturated rings. The van der Waals surface area contributed by atoms with Crippen molar-refractivity contribution < 1.29 is 0 Å². The molecule has 0 aliphatic carbocycles. The van der Waals surface area contributed by atoms with Crippen molar-refractivity contribution in [1.29, 1.82) is 0 Å². The lowest BCUT2D eigenvalue weighted by Crippen LogP contribution is -2.07. The molecule has 1 rings (SSSR count). The van der Waals surface area contributed by atoms with Gasteiger partial charge in [-0.25, -0.2) is 15.0 Å². The molecule has 0 atom stereocenters. The first-order chi connectivity index (χ1) is 5.68. The molecule has 12 heavy (non-hydrogen) atoms. The van der Waals surface area contributed by atoms with E-state index >= 15 is 0 Å². The minimum atomic E-state index is 0.465. The molecule has 0 unspecified atom stereocenters. The average Bonchev–Trinajstić information content (AvgIpc) is 2.03. The van der Waals surface area contributed by atoms with Crippen LogP contribution in [0.4, 0.5) is 5.95 Å². The van der Waals surface area contributed by atoms with E-state index in [4.69, 9.17) is 0 Å². The summed E-state index contributed by atoms with van der Waals surface area (Å²) in [5.41, 5.74) is 0. The van der Waals surface area contributed by atoms with Crippen LogP contribution in [0.3, 0.4) is 0 Å². The molecule has 0 aliphatic rings. The zero-order valence-electron chi connectivity index (χ0n) is 6.90. The summed E-state index contributed by atoms with van der Waals surface area (Å²) in [7, 11) is 3.78. The van der Waals surface area contributed by atoms with Crippen molar-refractivity contribution in [3.63, 3.8) is 0 Å². The highest BCUT2D eigenvalue weighted by Crippen LogP contribution is 2.08. The largest absolute Gasteiger partial charge is 0.369 e. The first kappa shape index (κ1) is 9.12. The molecular weight excluding hydrogens is 220 g/mol. The third kappa shape index (κ3) is 2.96. The van der Waals surface area contributed by atoms with Crippen molar-refractivity contribution in [3.8, 4) is 0 Å². The van der Waals surface area contributed by atoms with E-state index in [2.05, 4.69) is 30.9 Å². The van der Waals surface area contributed by atoms with Gasteiger partial charge in [0.1, 0.15) is 0 Å². The van der Waals surface area contributed by atoms with Gasteiger partial charge in [0.05, 0.1) is 10.8 Å². The third-order valence-electron chi connectivity index (χ3n) is 1.01. The van der Waals surface area contributed by atoms with Crippen molar-refractivity contribution in [2.75, 3.05) is 14.1 Å². The summed E-state index contributed by atoms with van der Waals surface area (Å²) in [5, 5.41) is 0. The highest BCUT2D eigenvalue weighted by atomic mass is 79.9. The highest BCUT2D eigenvalue weighted by Gasteiger charge is 1.90. The van der Waals surface area contributed by atoms with E-state index in [1.54, 1.807) is 18.7 Å². The van der Waals surface area contributed by atoms with Gasteiger partial charge in [-0.3, -0.25) is 0 Å². The Bertz CT molecular complexity index is 267. The molecule has 0 aliphatic heterocycles. The smallest absolute Gasteiger partial charge is 0.250 e. The first-order valence-corrected chi connectivity index (χ1v) is 4.16. The van der Waals surface area contributed by atoms with E-state index < -0.39 is 0 Å². The van der Waals surface area contributed by atoms with Gasteiger partial charge >= 0.3 is 0 Å². The average molecular weight is 229 g/mol. The van der Waals surface area contributed by atoms with Gasteiger partial charge in [-0.15, -0.1) is 0 Å². The number of aliphatic imine (C=N–C) groups is 1. The van der Waals surface area contributed by atoms with Crippen LogP contribution in [0.2, 0.25) is 0 Å². The number of halogens is 1. The van der Waals surface area contributed by atoms with Crippen LogP contribution in [-0.2, 0) is 0 Å². The Morgan fingerprint density at radius 2 is 2.00 bits per heavy atom. The Morgan fingerprint density at radius 3 is 2.50 bits per heavy atom. The second kappa shape index (κ2) is 4.15. The first-order valence-electron chi connectivity index (χ1n) is 3.36. The second-order valence-electron chi connectivity index (χ2n) is 2.41. The van der Waals surface area contributed by atoms with Crippen LogP contribution in [0.1, 0.15) is 0 Å². The van der Waals surface area contributed by atoms with Crippen LogP contribution in [-0.4, -0.2) is 35.3 Å². The maximum absolute atomic E-state index is 4.00. The fraction of sp³-hybridized carbons (Fsp3) is 0.286. The number of hydrogen-bond acceptors (Lipinski definition) is 3. The van der Waals surface area contributed by atoms with E-state index in [0.29, 0.717) is 5.95 Å². The van der Waals surface area contributed by atoms with Crippen LogP contribution in [0.5, 0.6) is 0 Å². The predicted octanol–water partition coefficient (Wildman–Crippen LogP) is 1.46. The molecule has 4 nitrogen and oxygen atoms in total. The minimum absolute atomic E-state index is 0.465. The summed E-state index contributed by atoms with van der Waals surface area (Å²) in [4.78, 5) is 13.8. The lowest BCUT2D eigenvalue weighted by atomic mass is 10.7. The monoisotopic (exact) mass is 228 g/mol. The summed E-state index contributed by atoms with van der Waals surface area (Å²) in [6.45, 7) is 0. The number of aromatic nitrogens is 2. The number of nitrogens with zero attached hydrogens (tertiary/aromatic N) is 4. The molecule has 1 heterocycles. The van der Waals surface area contributed by atoms with Gasteiger partial charge in [0.2, 0.25) is 0 Å². The second-order valence-corrected chi connectivity index (χ2v) is 3.33. The van der Waals surface area contributed by atoms with E-state index in [0.717, 1.165) is 4.47 Å². The van der Waals surface area contributed by atoms with Crippen molar-refractivity contribution >= 4 is 28.2 Å². The van der Waals surface area contributed by atoms with Crippen molar-refractivity contribution in [2.45, 2.75) is 0 Å². The van der Waals surface area contributed by atoms with Crippen LogP contribution < -0.4 is 0 Å². The Morgan fingerprint density at radius 1 is 1.42 bits per heavy atom. The zero-order valence-corrected chi connectivity index (χ0v) is 8.48. The van der Waals surface area contributed by atoms with Crippen LogP contribution >= 0.6 is 15.9 Å². The van der Waals surface area contributed by atoms with Crippen molar-refractivity contribution in [2.24, 2.45) is 4.99 Å². The highest BCUT2D eigenvalue weighted by molar-refractivity contribution is 9.10. The van der Waals surface area contributed by atoms with Gasteiger partial charge in [-0.05, 0) is 15.9 Å². The van der Waals surface area contributed by atoms with Crippen LogP contribution in [0.15, 0.2) is 21.9 Å². The quantitative estimate of drug-likeness (QED) is 0.569. The SMILES string of the molecule is CN(C)C=Nc1ncc(Br)cn1. The lowest BCUT2D eigenvalue weighted by molar-refractivity contribution is 0.642. The molecule has 0 amide bonds. The zero-order chi connectivity index (χ0) is 8.97. The van der Waals surface area contributed by atoms with E-state index in [1.165, 1.54) is 0 Å². The van der Waals surface area contributed by atoms with Crippen molar-refractivity contribution in [3.05, 3.63) is 16.9 Å². The Kier molecular flexibility index (Phi) is 3.16. The standard InChI is InChI=1S/C7H9BrN4/c1-12(2)5-11-7-9-3-6(8)4-10-7/h3-5H,1-2H3. The molecular formula is C7H9BrN4. The Labute approximate surface area is 79.5 Å². The summed E-state index contributed by atoms with van der Waals surface area (Å²) < 4.78 is 0.853. The normalized spacial score (nSPS) is 10.6. The molecule has 0 aromatic carbocycles. The topological polar surface area (TPSA) is 41.4 Å². The lowest BCUT2D eigenvalue weighted by Gasteiger charge is -2.00. The van der Waals surface area contributed by atoms with Crippen LogP contribution in [0, 0.1) is 0 Å². The van der Waals surface area contributed by atoms with E-state index in [-0.39, 0.29) is 0 Å². The van der Waals surface area contributed by atoms with Gasteiger partial charge in [0.15, 0.2) is 0 Å². The minimum Gasteiger partial charge on any atom is -0.369 e. The summed E-state index contributed by atoms with van der Waals surface area (Å²) in [5.74, 6) is 0.465. The molecule has 5 heteroatoms. The van der Waals surface area contributed by atoms with Gasteiger partial charge in [-0.2, -0.15) is 0 Å². The molecule has 0 saturated carbocycles. The molecule has 0 bridgehead atoms. The number of hydrogen-bond donors (Lipinski definition) is 0. The van der Waals surface area contributed by atoms with Gasteiger partial charge in [-0.1, -0.05) is 0 Å². The maximum Gasteiger partial charge on any atom is 0.250 e. The van der Waals surface area contributed by atoms with Crippen LogP contribution in [0.25, 0.3) is 0 Å². The maximum atomic E-state index is 4.00. The Balaban J connectivity index is 2.71. The molecule has 0 radical (unpaired) electrons. The van der Waals surface area contributed by atoms with Gasteiger partial charge in [0.25, 0.3) is 5.95 Å². The molecule has 1 aromatic heterocycles. The summed E-state index contributed by atoms with van der Waals surface area (Å²) in [6.07, 6.45) is 4.98. The third-order valence-corrected chi connectivity index (χ3v) is 1.42. The molecule has 0 spiro atoms. The van der Waals surface area contributed by atoms with Gasteiger partial charge < -0.3 is 4.90 Å². The summed E-state index contributed by atoms with van der Waals surface area (Å²) >= 11 is 3.24. The van der Waals surface area contributed by atoms with Gasteiger partial charge in [0, 0.05) is 26.5 Å². The molecule has 1 aromatic rings. The van der Waals surface area contributed by atoms with E-state index in [1.807, 2.05) is 19.0 Å². The molecule has 0 N–H and O–H groups in total. The molecule has 0 saturated heterocycles. The number of rotatable bonds is 2. The van der Waals surface area contributed by atoms with E-state index in [9.17, 15) is 0 Å². The fourth-order valence-corrected chi connectivity index (χ4v) is 0.744. The van der Waals surface area contributed by atoms with Crippen molar-refractivity contribution in [1.82, 2.24) is 14.9 Å². The Hall–Kier alpha value is -0.970.